The third kappa shape index (κ3) is 4.11. The minimum Gasteiger partial charge on any atom is -0.444 e. The van der Waals surface area contributed by atoms with E-state index in [0.717, 1.165) is 0 Å². The largest absolute Gasteiger partial charge is 0.512 e. The van der Waals surface area contributed by atoms with Crippen molar-refractivity contribution < 1.29 is 52.7 Å². The highest BCUT2D eigenvalue weighted by Crippen LogP contribution is 2.46. The standard InChI is InChI=1S/C17H13F6NO6S2/c18-16(19,20)31(25,26)24(32(27,28)17(21,22)23)11-10-15(12-6-2-1-3-7-12)29-13-8-4-5-9-14(13)30-15/h1-9H,10-11H2. The lowest BCUT2D eigenvalue weighted by Crippen LogP contribution is -2.51. The van der Waals surface area contributed by atoms with Crippen LogP contribution in [0.1, 0.15) is 12.0 Å². The molecule has 1 aliphatic rings. The summed E-state index contributed by atoms with van der Waals surface area (Å²) in [6.45, 7) is -1.77. The Bertz CT molecular complexity index is 1130. The lowest BCUT2D eigenvalue weighted by Gasteiger charge is -2.31. The van der Waals surface area contributed by atoms with Crippen molar-refractivity contribution in [2.75, 3.05) is 6.54 Å². The van der Waals surface area contributed by atoms with Crippen LogP contribution >= 0.6 is 0 Å². The van der Waals surface area contributed by atoms with Gasteiger partial charge in [-0.15, -0.1) is 0 Å². The SMILES string of the molecule is O=S(=O)(N(CCC1(c2ccccc2)Oc2ccccc2O1)S(=O)(=O)C(F)(F)F)C(F)(F)F. The van der Waals surface area contributed by atoms with Crippen molar-refractivity contribution in [2.24, 2.45) is 0 Å². The topological polar surface area (TPSA) is 90.0 Å². The molecule has 176 valence electrons. The van der Waals surface area contributed by atoms with Crippen LogP contribution in [0.25, 0.3) is 0 Å². The van der Waals surface area contributed by atoms with Crippen molar-refractivity contribution in [1.82, 2.24) is 3.71 Å². The van der Waals surface area contributed by atoms with Gasteiger partial charge in [0.2, 0.25) is 0 Å². The lowest BCUT2D eigenvalue weighted by molar-refractivity contribution is -0.0952. The van der Waals surface area contributed by atoms with Gasteiger partial charge >= 0.3 is 31.1 Å². The molecule has 0 saturated heterocycles. The van der Waals surface area contributed by atoms with Crippen LogP contribution in [0.15, 0.2) is 54.6 Å². The van der Waals surface area contributed by atoms with E-state index in [2.05, 4.69) is 0 Å². The molecule has 0 radical (unpaired) electrons. The highest BCUT2D eigenvalue weighted by Gasteiger charge is 2.62. The summed E-state index contributed by atoms with van der Waals surface area (Å²) < 4.78 is 135. The molecule has 1 heterocycles. The monoisotopic (exact) mass is 505 g/mol. The van der Waals surface area contributed by atoms with Crippen LogP contribution < -0.4 is 9.47 Å². The molecule has 0 saturated carbocycles. The summed E-state index contributed by atoms with van der Waals surface area (Å²) in [5.41, 5.74) is -12.5. The Morgan fingerprint density at radius 2 is 1.12 bits per heavy atom. The van der Waals surface area contributed by atoms with Crippen molar-refractivity contribution in [3.05, 3.63) is 60.2 Å². The normalized spacial score (nSPS) is 16.3. The van der Waals surface area contributed by atoms with E-state index in [-0.39, 0.29) is 17.1 Å². The molecular weight excluding hydrogens is 492 g/mol. The van der Waals surface area contributed by atoms with E-state index >= 15 is 0 Å². The molecule has 0 N–H and O–H groups in total. The van der Waals surface area contributed by atoms with Crippen LogP contribution in [0.3, 0.4) is 0 Å². The zero-order chi connectivity index (χ0) is 24.0. The van der Waals surface area contributed by atoms with Crippen molar-refractivity contribution in [2.45, 2.75) is 23.2 Å². The van der Waals surface area contributed by atoms with Crippen LogP contribution in [0.2, 0.25) is 0 Å². The van der Waals surface area contributed by atoms with Gasteiger partial charge in [0.15, 0.2) is 11.5 Å². The molecule has 15 heteroatoms. The summed E-state index contributed by atoms with van der Waals surface area (Å²) in [4.78, 5) is 0. The molecule has 3 rings (SSSR count). The van der Waals surface area contributed by atoms with Gasteiger partial charge in [0, 0.05) is 18.5 Å². The van der Waals surface area contributed by atoms with Gasteiger partial charge in [-0.05, 0) is 12.1 Å². The predicted octanol–water partition coefficient (Wildman–Crippen LogP) is 3.70. The van der Waals surface area contributed by atoms with Gasteiger partial charge in [-0.2, -0.15) is 26.3 Å². The highest BCUT2D eigenvalue weighted by molar-refractivity contribution is 8.04. The minimum atomic E-state index is -6.93. The molecule has 7 nitrogen and oxygen atoms in total. The van der Waals surface area contributed by atoms with Crippen LogP contribution in [-0.4, -0.2) is 38.1 Å². The summed E-state index contributed by atoms with van der Waals surface area (Å²) in [5.74, 6) is -1.95. The number of nitrogens with zero attached hydrogens (tertiary/aromatic N) is 1. The number of benzene rings is 2. The first-order chi connectivity index (χ1) is 14.6. The van der Waals surface area contributed by atoms with Gasteiger partial charge in [-0.3, -0.25) is 0 Å². The van der Waals surface area contributed by atoms with E-state index in [1.807, 2.05) is 0 Å². The molecular formula is C17H13F6NO6S2. The van der Waals surface area contributed by atoms with Gasteiger partial charge in [0.1, 0.15) is 0 Å². The number of hydrogen-bond donors (Lipinski definition) is 0. The predicted molar refractivity (Wildman–Crippen MR) is 97.1 cm³/mol. The van der Waals surface area contributed by atoms with E-state index in [1.54, 1.807) is 6.07 Å². The number of ether oxygens (including phenoxy) is 2. The van der Waals surface area contributed by atoms with E-state index in [9.17, 15) is 43.2 Å². The molecule has 2 aromatic carbocycles. The third-order valence-electron chi connectivity index (χ3n) is 4.36. The first-order valence-corrected chi connectivity index (χ1v) is 11.4. The summed E-state index contributed by atoms with van der Waals surface area (Å²) in [6.07, 6.45) is -1.03. The fourth-order valence-corrected chi connectivity index (χ4v) is 5.56. The lowest BCUT2D eigenvalue weighted by atomic mass is 10.0. The third-order valence-corrected chi connectivity index (χ3v) is 8.14. The Morgan fingerprint density at radius 1 is 0.719 bits per heavy atom. The molecule has 0 atom stereocenters. The molecule has 0 bridgehead atoms. The average Bonchev–Trinajstić information content (AvgIpc) is 3.06. The Balaban J connectivity index is 2.06. The smallest absolute Gasteiger partial charge is 0.444 e. The summed E-state index contributed by atoms with van der Waals surface area (Å²) in [5, 5.41) is 0. The number of sulfonamides is 2. The van der Waals surface area contributed by atoms with Gasteiger partial charge in [0.05, 0.1) is 0 Å². The molecule has 32 heavy (non-hydrogen) atoms. The first kappa shape index (κ1) is 24.1. The highest BCUT2D eigenvalue weighted by atomic mass is 32.3. The number of fused-ring (bicyclic) bond motifs is 1. The number of halogens is 6. The molecule has 0 unspecified atom stereocenters. The van der Waals surface area contributed by atoms with Crippen molar-refractivity contribution in [3.8, 4) is 11.5 Å². The summed E-state index contributed by atoms with van der Waals surface area (Å²) >= 11 is 0. The Kier molecular flexibility index (Phi) is 5.89. The van der Waals surface area contributed by atoms with Crippen molar-refractivity contribution >= 4 is 20.0 Å². The van der Waals surface area contributed by atoms with Gasteiger partial charge < -0.3 is 9.47 Å². The number of hydrogen-bond acceptors (Lipinski definition) is 6. The molecule has 2 aromatic rings. The maximum Gasteiger partial charge on any atom is 0.512 e. The van der Waals surface area contributed by atoms with Gasteiger partial charge in [-0.25, -0.2) is 16.8 Å². The van der Waals surface area contributed by atoms with E-state index in [4.69, 9.17) is 9.47 Å². The quantitative estimate of drug-likeness (QED) is 0.557. The summed E-state index contributed by atoms with van der Waals surface area (Å²) in [6, 6.07) is 13.0. The van der Waals surface area contributed by atoms with Crippen LogP contribution in [0.4, 0.5) is 26.3 Å². The second-order valence-corrected chi connectivity index (χ2v) is 10.4. The maximum absolute atomic E-state index is 13.0. The Hall–Kier alpha value is -2.52. The van der Waals surface area contributed by atoms with E-state index in [0.29, 0.717) is 0 Å². The fraction of sp³-hybridized carbons (Fsp3) is 0.294. The number of para-hydroxylation sites is 2. The van der Waals surface area contributed by atoms with Crippen LogP contribution in [0.5, 0.6) is 11.5 Å². The Morgan fingerprint density at radius 3 is 1.53 bits per heavy atom. The van der Waals surface area contributed by atoms with Gasteiger partial charge in [-0.1, -0.05) is 46.2 Å². The zero-order valence-electron chi connectivity index (χ0n) is 15.6. The maximum atomic E-state index is 13.0. The molecule has 1 aliphatic heterocycles. The van der Waals surface area contributed by atoms with Crippen LogP contribution in [0, 0.1) is 0 Å². The second kappa shape index (κ2) is 7.81. The van der Waals surface area contributed by atoms with Crippen molar-refractivity contribution in [3.63, 3.8) is 0 Å². The van der Waals surface area contributed by atoms with Crippen LogP contribution in [-0.2, 0) is 25.8 Å². The molecule has 0 aliphatic carbocycles. The average molecular weight is 505 g/mol. The minimum absolute atomic E-state index is 0.0697. The van der Waals surface area contributed by atoms with Crippen molar-refractivity contribution in [1.29, 1.82) is 0 Å². The van der Waals surface area contributed by atoms with E-state index in [1.165, 1.54) is 48.5 Å². The number of rotatable bonds is 6. The summed E-state index contributed by atoms with van der Waals surface area (Å²) in [7, 11) is -13.9. The molecule has 0 fully saturated rings. The first-order valence-electron chi connectivity index (χ1n) is 8.55. The number of alkyl halides is 6. The molecule has 0 spiro atoms. The molecule has 0 aromatic heterocycles. The second-order valence-electron chi connectivity index (χ2n) is 6.42. The zero-order valence-corrected chi connectivity index (χ0v) is 17.2. The van der Waals surface area contributed by atoms with Gasteiger partial charge in [0.25, 0.3) is 5.79 Å². The Labute approximate surface area is 178 Å². The van der Waals surface area contributed by atoms with E-state index < -0.39 is 53.5 Å². The fourth-order valence-electron chi connectivity index (χ4n) is 2.89. The molecule has 0 amide bonds.